The first-order valence-corrected chi connectivity index (χ1v) is 9.19. The van der Waals surface area contributed by atoms with Crippen LogP contribution < -0.4 is 15.0 Å². The second kappa shape index (κ2) is 7.84. The lowest BCUT2D eigenvalue weighted by atomic mass is 10.0. The van der Waals surface area contributed by atoms with Gasteiger partial charge in [0.15, 0.2) is 0 Å². The molecule has 140 valence electrons. The van der Waals surface area contributed by atoms with Gasteiger partial charge in [0.1, 0.15) is 16.5 Å². The van der Waals surface area contributed by atoms with Crippen LogP contribution in [0.2, 0.25) is 0 Å². The van der Waals surface area contributed by atoms with Crippen molar-refractivity contribution in [2.75, 3.05) is 16.8 Å². The number of nitrogens with one attached hydrogen (secondary N) is 1. The van der Waals surface area contributed by atoms with Crippen LogP contribution in [0.15, 0.2) is 59.3 Å². The summed E-state index contributed by atoms with van der Waals surface area (Å²) in [5.74, 6) is -0.0982. The summed E-state index contributed by atoms with van der Waals surface area (Å²) in [6.45, 7) is 6.51. The molecule has 0 saturated carbocycles. The number of ether oxygens (including phenoxy) is 1. The predicted octanol–water partition coefficient (Wildman–Crippen LogP) is 4.64. The maximum Gasteiger partial charge on any atom is 0.283 e. The first kappa shape index (κ1) is 19.0. The van der Waals surface area contributed by atoms with Crippen LogP contribution in [0.3, 0.4) is 0 Å². The quantitative estimate of drug-likeness (QED) is 0.737. The van der Waals surface area contributed by atoms with Crippen molar-refractivity contribution >= 4 is 34.8 Å². The van der Waals surface area contributed by atoms with E-state index in [4.69, 9.17) is 16.3 Å². The molecule has 0 atom stereocenters. The Kier molecular flexibility index (Phi) is 5.51. The molecule has 0 aliphatic carbocycles. The fourth-order valence-corrected chi connectivity index (χ4v) is 3.05. The number of amides is 2. The van der Waals surface area contributed by atoms with Crippen LogP contribution in [0, 0.1) is 0 Å². The van der Waals surface area contributed by atoms with Crippen molar-refractivity contribution in [1.29, 1.82) is 0 Å². The van der Waals surface area contributed by atoms with Crippen LogP contribution in [0.4, 0.5) is 11.4 Å². The zero-order valence-electron chi connectivity index (χ0n) is 15.5. The van der Waals surface area contributed by atoms with Crippen LogP contribution >= 0.6 is 11.6 Å². The standard InChI is InChI=1S/C21H21ClN2O3/c1-4-27-17-8-6-5-7-16(17)23-19-18(22)20(25)24(21(19)26)15-11-9-14(10-12-15)13(2)3/h5-13,23H,4H2,1-3H3. The van der Waals surface area contributed by atoms with E-state index in [0.717, 1.165) is 10.5 Å². The monoisotopic (exact) mass is 384 g/mol. The number of anilines is 2. The average molecular weight is 385 g/mol. The van der Waals surface area contributed by atoms with Gasteiger partial charge in [0.25, 0.3) is 11.8 Å². The molecular formula is C21H21ClN2O3. The van der Waals surface area contributed by atoms with Crippen LogP contribution in [-0.4, -0.2) is 18.4 Å². The smallest absolute Gasteiger partial charge is 0.283 e. The number of hydrogen-bond acceptors (Lipinski definition) is 4. The van der Waals surface area contributed by atoms with Crippen LogP contribution in [0.5, 0.6) is 5.75 Å². The van der Waals surface area contributed by atoms with Gasteiger partial charge in [-0.05, 0) is 42.7 Å². The molecule has 1 heterocycles. The molecule has 2 aromatic carbocycles. The van der Waals surface area contributed by atoms with Gasteiger partial charge in [0.05, 0.1) is 18.0 Å². The van der Waals surface area contributed by atoms with Gasteiger partial charge in [-0.25, -0.2) is 4.90 Å². The molecule has 6 heteroatoms. The molecule has 0 radical (unpaired) electrons. The molecule has 1 N–H and O–H groups in total. The summed E-state index contributed by atoms with van der Waals surface area (Å²) in [5.41, 5.74) is 2.23. The Morgan fingerprint density at radius 3 is 2.33 bits per heavy atom. The molecule has 27 heavy (non-hydrogen) atoms. The average Bonchev–Trinajstić information content (AvgIpc) is 2.87. The van der Waals surface area contributed by atoms with E-state index in [1.165, 1.54) is 0 Å². The minimum Gasteiger partial charge on any atom is -0.492 e. The zero-order chi connectivity index (χ0) is 19.6. The largest absolute Gasteiger partial charge is 0.492 e. The Morgan fingerprint density at radius 2 is 1.70 bits per heavy atom. The van der Waals surface area contributed by atoms with Crippen molar-refractivity contribution in [3.8, 4) is 5.75 Å². The normalized spacial score (nSPS) is 14.3. The molecule has 1 aliphatic rings. The number of nitrogens with zero attached hydrogens (tertiary/aromatic N) is 1. The van der Waals surface area contributed by atoms with E-state index < -0.39 is 11.8 Å². The van der Waals surface area contributed by atoms with Gasteiger partial charge in [-0.3, -0.25) is 9.59 Å². The Morgan fingerprint density at radius 1 is 1.04 bits per heavy atom. The Labute approximate surface area is 163 Å². The van der Waals surface area contributed by atoms with E-state index in [1.807, 2.05) is 31.2 Å². The van der Waals surface area contributed by atoms with Gasteiger partial charge in [0.2, 0.25) is 0 Å². The third-order valence-electron chi connectivity index (χ3n) is 4.29. The van der Waals surface area contributed by atoms with Crippen molar-refractivity contribution in [1.82, 2.24) is 0 Å². The summed E-state index contributed by atoms with van der Waals surface area (Å²) in [5, 5.41) is 2.82. The summed E-state index contributed by atoms with van der Waals surface area (Å²) in [6.07, 6.45) is 0. The number of carbonyl (C=O) groups excluding carboxylic acids is 2. The van der Waals surface area contributed by atoms with Gasteiger partial charge in [-0.15, -0.1) is 0 Å². The molecular weight excluding hydrogens is 364 g/mol. The number of rotatable bonds is 6. The van der Waals surface area contributed by atoms with E-state index in [-0.39, 0.29) is 10.7 Å². The molecule has 5 nitrogen and oxygen atoms in total. The summed E-state index contributed by atoms with van der Waals surface area (Å²) < 4.78 is 5.55. The highest BCUT2D eigenvalue weighted by molar-refractivity contribution is 6.53. The lowest BCUT2D eigenvalue weighted by Gasteiger charge is -2.17. The van der Waals surface area contributed by atoms with Crippen LogP contribution in [-0.2, 0) is 9.59 Å². The van der Waals surface area contributed by atoms with Crippen molar-refractivity contribution in [2.45, 2.75) is 26.7 Å². The lowest BCUT2D eigenvalue weighted by Crippen LogP contribution is -2.32. The Balaban J connectivity index is 1.88. The Hall–Kier alpha value is -2.79. The molecule has 2 aromatic rings. The lowest BCUT2D eigenvalue weighted by molar-refractivity contribution is -0.120. The van der Waals surface area contributed by atoms with Gasteiger partial charge in [0, 0.05) is 0 Å². The molecule has 0 unspecified atom stereocenters. The Bertz CT molecular complexity index is 904. The highest BCUT2D eigenvalue weighted by atomic mass is 35.5. The zero-order valence-corrected chi connectivity index (χ0v) is 16.2. The summed E-state index contributed by atoms with van der Waals surface area (Å²) in [6, 6.07) is 14.5. The van der Waals surface area contributed by atoms with Crippen molar-refractivity contribution in [3.05, 3.63) is 64.8 Å². The molecule has 0 spiro atoms. The highest BCUT2D eigenvalue weighted by Crippen LogP contribution is 2.33. The number of para-hydroxylation sites is 2. The third-order valence-corrected chi connectivity index (χ3v) is 4.64. The number of benzene rings is 2. The highest BCUT2D eigenvalue weighted by Gasteiger charge is 2.39. The van der Waals surface area contributed by atoms with E-state index in [2.05, 4.69) is 19.2 Å². The van der Waals surface area contributed by atoms with E-state index in [9.17, 15) is 9.59 Å². The minimum absolute atomic E-state index is 0.0433. The fraction of sp³-hybridized carbons (Fsp3) is 0.238. The summed E-state index contributed by atoms with van der Waals surface area (Å²) in [7, 11) is 0. The first-order valence-electron chi connectivity index (χ1n) is 8.81. The van der Waals surface area contributed by atoms with E-state index >= 15 is 0 Å². The number of imide groups is 1. The minimum atomic E-state index is -0.546. The predicted molar refractivity (Wildman–Crippen MR) is 107 cm³/mol. The summed E-state index contributed by atoms with van der Waals surface area (Å²) in [4.78, 5) is 26.6. The molecule has 1 aliphatic heterocycles. The summed E-state index contributed by atoms with van der Waals surface area (Å²) >= 11 is 6.19. The molecule has 3 rings (SSSR count). The number of halogens is 1. The third kappa shape index (κ3) is 3.69. The first-order chi connectivity index (χ1) is 12.9. The SMILES string of the molecule is CCOc1ccccc1NC1=C(Cl)C(=O)N(c2ccc(C(C)C)cc2)C1=O. The van der Waals surface area contributed by atoms with Gasteiger partial charge >= 0.3 is 0 Å². The second-order valence-corrected chi connectivity index (χ2v) is 6.81. The molecule has 0 saturated heterocycles. The molecule has 0 aromatic heterocycles. The van der Waals surface area contributed by atoms with Crippen molar-refractivity contribution in [2.24, 2.45) is 0 Å². The van der Waals surface area contributed by atoms with E-state index in [1.54, 1.807) is 24.3 Å². The van der Waals surface area contributed by atoms with E-state index in [0.29, 0.717) is 29.6 Å². The second-order valence-electron chi connectivity index (χ2n) is 6.44. The number of carbonyl (C=O) groups is 2. The maximum atomic E-state index is 12.9. The molecule has 0 bridgehead atoms. The maximum absolute atomic E-state index is 12.9. The molecule has 2 amide bonds. The van der Waals surface area contributed by atoms with Gasteiger partial charge in [-0.1, -0.05) is 49.7 Å². The van der Waals surface area contributed by atoms with Gasteiger partial charge in [-0.2, -0.15) is 0 Å². The van der Waals surface area contributed by atoms with Crippen molar-refractivity contribution < 1.29 is 14.3 Å². The fourth-order valence-electron chi connectivity index (χ4n) is 2.84. The van der Waals surface area contributed by atoms with Crippen molar-refractivity contribution in [3.63, 3.8) is 0 Å². The van der Waals surface area contributed by atoms with Crippen LogP contribution in [0.25, 0.3) is 0 Å². The molecule has 0 fully saturated rings. The van der Waals surface area contributed by atoms with Gasteiger partial charge < -0.3 is 10.1 Å². The van der Waals surface area contributed by atoms with Crippen LogP contribution in [0.1, 0.15) is 32.3 Å². The topological polar surface area (TPSA) is 58.6 Å². The number of hydrogen-bond donors (Lipinski definition) is 1.